The first-order valence-corrected chi connectivity index (χ1v) is 5.80. The van der Waals surface area contributed by atoms with Crippen molar-refractivity contribution in [3.05, 3.63) is 32.5 Å². The largest absolute Gasteiger partial charge is 0.324 e. The Morgan fingerprint density at radius 2 is 1.94 bits per heavy atom. The lowest BCUT2D eigenvalue weighted by Crippen LogP contribution is -2.09. The average Bonchev–Trinajstić information content (AvgIpc) is 2.64. The predicted molar refractivity (Wildman–Crippen MR) is 64.8 cm³/mol. The lowest BCUT2D eigenvalue weighted by atomic mass is 10.3. The van der Waals surface area contributed by atoms with Gasteiger partial charge in [0, 0.05) is 4.47 Å². The summed E-state index contributed by atoms with van der Waals surface area (Å²) in [5, 5.41) is 12.0. The zero-order valence-electron chi connectivity index (χ0n) is 7.86. The van der Waals surface area contributed by atoms with Crippen molar-refractivity contribution >= 4 is 39.1 Å². The summed E-state index contributed by atoms with van der Waals surface area (Å²) in [6.45, 7) is 0.204. The molecule has 2 aromatic rings. The topological polar surface area (TPSA) is 69.6 Å². The normalized spacial score (nSPS) is 10.8. The molecule has 2 rings (SSSR count). The summed E-state index contributed by atoms with van der Waals surface area (Å²) in [6, 6.07) is 3.43. The van der Waals surface area contributed by atoms with Crippen LogP contribution in [0, 0.1) is 0 Å². The van der Waals surface area contributed by atoms with E-state index in [4.69, 9.17) is 28.9 Å². The van der Waals surface area contributed by atoms with E-state index >= 15 is 0 Å². The zero-order chi connectivity index (χ0) is 11.7. The van der Waals surface area contributed by atoms with Crippen LogP contribution >= 0.6 is 39.1 Å². The van der Waals surface area contributed by atoms with Gasteiger partial charge in [-0.25, -0.2) is 0 Å². The van der Waals surface area contributed by atoms with Crippen LogP contribution in [0.1, 0.15) is 5.82 Å². The SMILES string of the molecule is NCc1nnnn1-c1c(Cl)cc(Br)cc1Cl. The van der Waals surface area contributed by atoms with Crippen molar-refractivity contribution in [3.63, 3.8) is 0 Å². The minimum absolute atomic E-state index is 0.204. The fourth-order valence-electron chi connectivity index (χ4n) is 1.24. The van der Waals surface area contributed by atoms with E-state index in [1.165, 1.54) is 4.68 Å². The minimum Gasteiger partial charge on any atom is -0.324 e. The van der Waals surface area contributed by atoms with Crippen molar-refractivity contribution in [3.8, 4) is 5.69 Å². The van der Waals surface area contributed by atoms with E-state index in [1.807, 2.05) is 0 Å². The molecule has 0 unspecified atom stereocenters. The number of nitrogens with two attached hydrogens (primary N) is 1. The Hall–Kier alpha value is -0.690. The second kappa shape index (κ2) is 4.67. The van der Waals surface area contributed by atoms with Crippen LogP contribution in [0.3, 0.4) is 0 Å². The quantitative estimate of drug-likeness (QED) is 0.920. The molecule has 0 bridgehead atoms. The summed E-state index contributed by atoms with van der Waals surface area (Å²) in [6.07, 6.45) is 0. The molecule has 0 saturated carbocycles. The molecular formula is C8H6BrCl2N5. The summed E-state index contributed by atoms with van der Waals surface area (Å²) < 4.78 is 2.21. The maximum atomic E-state index is 6.08. The van der Waals surface area contributed by atoms with Crippen LogP contribution in [0.25, 0.3) is 5.69 Å². The van der Waals surface area contributed by atoms with Crippen molar-refractivity contribution in [2.45, 2.75) is 6.54 Å². The maximum Gasteiger partial charge on any atom is 0.170 e. The first-order chi connectivity index (χ1) is 7.63. The lowest BCUT2D eigenvalue weighted by Gasteiger charge is -2.08. The highest BCUT2D eigenvalue weighted by atomic mass is 79.9. The monoisotopic (exact) mass is 321 g/mol. The molecule has 1 heterocycles. The Balaban J connectivity index is 2.64. The van der Waals surface area contributed by atoms with E-state index in [0.717, 1.165) is 4.47 Å². The third-order valence-electron chi connectivity index (χ3n) is 1.91. The van der Waals surface area contributed by atoms with E-state index in [2.05, 4.69) is 31.5 Å². The van der Waals surface area contributed by atoms with E-state index in [-0.39, 0.29) is 6.54 Å². The maximum absolute atomic E-state index is 6.08. The van der Waals surface area contributed by atoms with Gasteiger partial charge in [0.2, 0.25) is 0 Å². The lowest BCUT2D eigenvalue weighted by molar-refractivity contribution is 0.761. The Morgan fingerprint density at radius 3 is 2.50 bits per heavy atom. The Bertz CT molecular complexity index is 504. The molecule has 0 saturated heterocycles. The number of hydrogen-bond donors (Lipinski definition) is 1. The highest BCUT2D eigenvalue weighted by Gasteiger charge is 2.14. The number of tetrazole rings is 1. The van der Waals surface area contributed by atoms with Crippen molar-refractivity contribution in [2.75, 3.05) is 0 Å². The van der Waals surface area contributed by atoms with Crippen molar-refractivity contribution in [2.24, 2.45) is 5.73 Å². The molecule has 0 radical (unpaired) electrons. The molecule has 8 heteroatoms. The number of nitrogens with zero attached hydrogens (tertiary/aromatic N) is 4. The first-order valence-electron chi connectivity index (χ1n) is 4.25. The van der Waals surface area contributed by atoms with Crippen molar-refractivity contribution in [1.29, 1.82) is 0 Å². The van der Waals surface area contributed by atoms with Crippen LogP contribution in [0.2, 0.25) is 10.0 Å². The third kappa shape index (κ3) is 2.06. The van der Waals surface area contributed by atoms with Crippen LogP contribution < -0.4 is 5.73 Å². The molecule has 0 amide bonds. The van der Waals surface area contributed by atoms with Gasteiger partial charge < -0.3 is 5.73 Å². The molecule has 0 aliphatic heterocycles. The molecule has 84 valence electrons. The molecule has 0 atom stereocenters. The highest BCUT2D eigenvalue weighted by Crippen LogP contribution is 2.32. The number of halogens is 3. The van der Waals surface area contributed by atoms with Gasteiger partial charge in [-0.2, -0.15) is 4.68 Å². The summed E-state index contributed by atoms with van der Waals surface area (Å²) in [5.74, 6) is 0.492. The molecule has 2 N–H and O–H groups in total. The van der Waals surface area contributed by atoms with Crippen LogP contribution in [0.5, 0.6) is 0 Å². The summed E-state index contributed by atoms with van der Waals surface area (Å²) in [7, 11) is 0. The second-order valence-electron chi connectivity index (χ2n) is 2.93. The number of benzene rings is 1. The standard InChI is InChI=1S/C8H6BrCl2N5/c9-4-1-5(10)8(6(11)2-4)16-7(3-12)13-14-15-16/h1-2H,3,12H2. The Morgan fingerprint density at radius 1 is 1.31 bits per heavy atom. The third-order valence-corrected chi connectivity index (χ3v) is 2.94. The average molecular weight is 323 g/mol. The molecule has 1 aromatic carbocycles. The Kier molecular flexibility index (Phi) is 3.44. The zero-order valence-corrected chi connectivity index (χ0v) is 11.0. The first kappa shape index (κ1) is 11.8. The van der Waals surface area contributed by atoms with Gasteiger partial charge in [0.1, 0.15) is 5.69 Å². The van der Waals surface area contributed by atoms with Gasteiger partial charge >= 0.3 is 0 Å². The van der Waals surface area contributed by atoms with Gasteiger partial charge in [0.25, 0.3) is 0 Å². The van der Waals surface area contributed by atoms with Gasteiger partial charge in [-0.05, 0) is 22.6 Å². The van der Waals surface area contributed by atoms with Crippen LogP contribution in [0.4, 0.5) is 0 Å². The highest BCUT2D eigenvalue weighted by molar-refractivity contribution is 9.10. The van der Waals surface area contributed by atoms with E-state index in [9.17, 15) is 0 Å². The van der Waals surface area contributed by atoms with Gasteiger partial charge in [-0.1, -0.05) is 39.1 Å². The molecule has 0 spiro atoms. The van der Waals surface area contributed by atoms with Gasteiger partial charge in [-0.15, -0.1) is 5.10 Å². The minimum atomic E-state index is 0.204. The summed E-state index contributed by atoms with van der Waals surface area (Å²) >= 11 is 15.5. The Labute approximate surface area is 110 Å². The van der Waals surface area contributed by atoms with E-state index in [0.29, 0.717) is 21.6 Å². The fourth-order valence-corrected chi connectivity index (χ4v) is 2.61. The smallest absolute Gasteiger partial charge is 0.170 e. The fraction of sp³-hybridized carbons (Fsp3) is 0.125. The van der Waals surface area contributed by atoms with E-state index in [1.54, 1.807) is 12.1 Å². The molecule has 1 aromatic heterocycles. The van der Waals surface area contributed by atoms with Crippen molar-refractivity contribution in [1.82, 2.24) is 20.2 Å². The van der Waals surface area contributed by atoms with Crippen LogP contribution in [0.15, 0.2) is 16.6 Å². The number of hydrogen-bond acceptors (Lipinski definition) is 4. The molecule has 16 heavy (non-hydrogen) atoms. The van der Waals surface area contributed by atoms with Gasteiger partial charge in [0.15, 0.2) is 5.82 Å². The van der Waals surface area contributed by atoms with Gasteiger partial charge in [0.05, 0.1) is 16.6 Å². The summed E-state index contributed by atoms with van der Waals surface area (Å²) in [5.41, 5.74) is 6.03. The molecule has 0 aliphatic carbocycles. The van der Waals surface area contributed by atoms with Gasteiger partial charge in [-0.3, -0.25) is 0 Å². The van der Waals surface area contributed by atoms with Crippen molar-refractivity contribution < 1.29 is 0 Å². The molecule has 5 nitrogen and oxygen atoms in total. The number of rotatable bonds is 2. The van der Waals surface area contributed by atoms with Crippen LogP contribution in [-0.2, 0) is 6.54 Å². The van der Waals surface area contributed by atoms with Crippen LogP contribution in [-0.4, -0.2) is 20.2 Å². The van der Waals surface area contributed by atoms with E-state index < -0.39 is 0 Å². The predicted octanol–water partition coefficient (Wildman–Crippen LogP) is 2.19. The molecule has 0 fully saturated rings. The second-order valence-corrected chi connectivity index (χ2v) is 4.66. The summed E-state index contributed by atoms with van der Waals surface area (Å²) in [4.78, 5) is 0. The molecule has 0 aliphatic rings. The molecular weight excluding hydrogens is 317 g/mol. The number of aromatic nitrogens is 4.